The Hall–Kier alpha value is -2.18. The number of nitrogens with two attached hydrogens (primary N) is 1. The van der Waals surface area contributed by atoms with Crippen molar-refractivity contribution in [1.82, 2.24) is 14.8 Å². The lowest BCUT2D eigenvalue weighted by Crippen LogP contribution is -2.08. The molecule has 7 heteroatoms. The molecule has 0 bridgehead atoms. The van der Waals surface area contributed by atoms with Crippen molar-refractivity contribution in [2.75, 3.05) is 11.1 Å². The van der Waals surface area contributed by atoms with E-state index in [0.717, 1.165) is 12.1 Å². The third-order valence-electron chi connectivity index (χ3n) is 2.34. The number of nitrogens with zero attached hydrogens (tertiary/aromatic N) is 3. The number of nitrogen functional groups attached to an aromatic ring is 1. The maximum Gasteiger partial charge on any atom is 0.151 e. The van der Waals surface area contributed by atoms with Gasteiger partial charge in [0.05, 0.1) is 17.9 Å². The number of benzene rings is 1. The SMILES string of the molecule is Cn1cnnc1CNc1cc(F)cc(F)c1N. The molecule has 0 spiro atoms. The van der Waals surface area contributed by atoms with Gasteiger partial charge in [0.1, 0.15) is 12.1 Å². The number of rotatable bonds is 3. The molecule has 5 nitrogen and oxygen atoms in total. The molecule has 17 heavy (non-hydrogen) atoms. The molecule has 2 aromatic rings. The Bertz CT molecular complexity index is 537. The monoisotopic (exact) mass is 239 g/mol. The molecule has 0 atom stereocenters. The van der Waals surface area contributed by atoms with Crippen LogP contribution in [0.25, 0.3) is 0 Å². The fourth-order valence-corrected chi connectivity index (χ4v) is 1.37. The molecule has 90 valence electrons. The van der Waals surface area contributed by atoms with Crippen LogP contribution in [0.3, 0.4) is 0 Å². The minimum Gasteiger partial charge on any atom is -0.395 e. The van der Waals surface area contributed by atoms with Gasteiger partial charge in [-0.2, -0.15) is 0 Å². The summed E-state index contributed by atoms with van der Waals surface area (Å²) in [5, 5.41) is 10.3. The molecule has 1 aromatic carbocycles. The van der Waals surface area contributed by atoms with Gasteiger partial charge in [-0.3, -0.25) is 0 Å². The third kappa shape index (κ3) is 2.32. The summed E-state index contributed by atoms with van der Waals surface area (Å²) in [6.07, 6.45) is 1.53. The molecule has 0 saturated carbocycles. The van der Waals surface area contributed by atoms with Crippen molar-refractivity contribution >= 4 is 11.4 Å². The second-order valence-electron chi connectivity index (χ2n) is 3.56. The van der Waals surface area contributed by atoms with Gasteiger partial charge in [0.15, 0.2) is 11.6 Å². The number of anilines is 2. The third-order valence-corrected chi connectivity index (χ3v) is 2.34. The van der Waals surface area contributed by atoms with Crippen molar-refractivity contribution in [3.05, 3.63) is 35.9 Å². The quantitative estimate of drug-likeness (QED) is 0.792. The zero-order valence-corrected chi connectivity index (χ0v) is 9.11. The lowest BCUT2D eigenvalue weighted by Gasteiger charge is -2.09. The topological polar surface area (TPSA) is 68.8 Å². The van der Waals surface area contributed by atoms with Crippen LogP contribution in [0.4, 0.5) is 20.2 Å². The average Bonchev–Trinajstić information content (AvgIpc) is 2.67. The Morgan fingerprint density at radius 3 is 2.82 bits per heavy atom. The lowest BCUT2D eigenvalue weighted by molar-refractivity contribution is 0.587. The first-order valence-corrected chi connectivity index (χ1v) is 4.89. The summed E-state index contributed by atoms with van der Waals surface area (Å²) >= 11 is 0. The van der Waals surface area contributed by atoms with Gasteiger partial charge in [-0.15, -0.1) is 10.2 Å². The highest BCUT2D eigenvalue weighted by atomic mass is 19.1. The van der Waals surface area contributed by atoms with Gasteiger partial charge in [-0.05, 0) is 6.07 Å². The van der Waals surface area contributed by atoms with E-state index in [9.17, 15) is 8.78 Å². The Morgan fingerprint density at radius 1 is 1.41 bits per heavy atom. The molecule has 1 heterocycles. The number of aryl methyl sites for hydroxylation is 1. The second kappa shape index (κ2) is 4.36. The van der Waals surface area contributed by atoms with Crippen LogP contribution in [0.2, 0.25) is 0 Å². The average molecular weight is 239 g/mol. The summed E-state index contributed by atoms with van der Waals surface area (Å²) in [5.74, 6) is -0.836. The molecule has 1 aromatic heterocycles. The van der Waals surface area contributed by atoms with Crippen LogP contribution in [-0.4, -0.2) is 14.8 Å². The molecule has 0 fully saturated rings. The second-order valence-corrected chi connectivity index (χ2v) is 3.56. The summed E-state index contributed by atoms with van der Waals surface area (Å²) in [6, 6.07) is 1.87. The number of halogens is 2. The highest BCUT2D eigenvalue weighted by Crippen LogP contribution is 2.23. The van der Waals surface area contributed by atoms with E-state index in [1.807, 2.05) is 0 Å². The van der Waals surface area contributed by atoms with Crippen molar-refractivity contribution in [3.8, 4) is 0 Å². The predicted molar refractivity (Wildman–Crippen MR) is 59.1 cm³/mol. The van der Waals surface area contributed by atoms with Crippen LogP contribution in [-0.2, 0) is 13.6 Å². The zero-order chi connectivity index (χ0) is 12.4. The summed E-state index contributed by atoms with van der Waals surface area (Å²) in [6.45, 7) is 0.281. The maximum absolute atomic E-state index is 13.1. The molecule has 3 N–H and O–H groups in total. The highest BCUT2D eigenvalue weighted by molar-refractivity contribution is 5.66. The van der Waals surface area contributed by atoms with Gasteiger partial charge in [0, 0.05) is 13.1 Å². The normalized spacial score (nSPS) is 10.5. The summed E-state index contributed by atoms with van der Waals surface area (Å²) in [4.78, 5) is 0. The fraction of sp³-hybridized carbons (Fsp3) is 0.200. The molecule has 2 rings (SSSR count). The van der Waals surface area contributed by atoms with Gasteiger partial charge in [0.25, 0.3) is 0 Å². The minimum atomic E-state index is -0.787. The van der Waals surface area contributed by atoms with Gasteiger partial charge >= 0.3 is 0 Å². The molecule has 0 aliphatic heterocycles. The van der Waals surface area contributed by atoms with E-state index < -0.39 is 11.6 Å². The molecule has 0 amide bonds. The van der Waals surface area contributed by atoms with E-state index in [0.29, 0.717) is 5.82 Å². The van der Waals surface area contributed by atoms with Crippen molar-refractivity contribution in [2.24, 2.45) is 7.05 Å². The first-order valence-electron chi connectivity index (χ1n) is 4.89. The Labute approximate surface area is 96.3 Å². The van der Waals surface area contributed by atoms with Crippen molar-refractivity contribution < 1.29 is 8.78 Å². The van der Waals surface area contributed by atoms with E-state index in [1.54, 1.807) is 11.6 Å². The van der Waals surface area contributed by atoms with Crippen LogP contribution in [0.15, 0.2) is 18.5 Å². The molecule has 0 aliphatic rings. The summed E-state index contributed by atoms with van der Waals surface area (Å²) in [5.41, 5.74) is 5.56. The first-order chi connectivity index (χ1) is 8.08. The van der Waals surface area contributed by atoms with Crippen LogP contribution >= 0.6 is 0 Å². The lowest BCUT2D eigenvalue weighted by atomic mass is 10.2. The van der Waals surface area contributed by atoms with E-state index in [2.05, 4.69) is 15.5 Å². The van der Waals surface area contributed by atoms with E-state index in [4.69, 9.17) is 5.73 Å². The Morgan fingerprint density at radius 2 is 2.18 bits per heavy atom. The fourth-order valence-electron chi connectivity index (χ4n) is 1.37. The minimum absolute atomic E-state index is 0.117. The van der Waals surface area contributed by atoms with Gasteiger partial charge < -0.3 is 15.6 Å². The number of hydrogen-bond acceptors (Lipinski definition) is 4. The predicted octanol–water partition coefficient (Wildman–Crippen LogP) is 1.29. The van der Waals surface area contributed by atoms with E-state index in [-0.39, 0.29) is 17.9 Å². The number of hydrogen-bond donors (Lipinski definition) is 2. The molecular weight excluding hydrogens is 228 g/mol. The molecular formula is C10H11F2N5. The molecule has 0 aliphatic carbocycles. The van der Waals surface area contributed by atoms with Gasteiger partial charge in [0.2, 0.25) is 0 Å². The first kappa shape index (κ1) is 11.3. The molecule has 0 radical (unpaired) electrons. The Kier molecular flexibility index (Phi) is 2.90. The van der Waals surface area contributed by atoms with Crippen LogP contribution in [0, 0.1) is 11.6 Å². The van der Waals surface area contributed by atoms with E-state index in [1.165, 1.54) is 6.33 Å². The Balaban J connectivity index is 2.17. The number of aromatic nitrogens is 3. The van der Waals surface area contributed by atoms with Crippen LogP contribution in [0.5, 0.6) is 0 Å². The van der Waals surface area contributed by atoms with Gasteiger partial charge in [-0.1, -0.05) is 0 Å². The highest BCUT2D eigenvalue weighted by Gasteiger charge is 2.09. The number of nitrogens with one attached hydrogen (secondary N) is 1. The zero-order valence-electron chi connectivity index (χ0n) is 9.11. The largest absolute Gasteiger partial charge is 0.395 e. The van der Waals surface area contributed by atoms with Gasteiger partial charge in [-0.25, -0.2) is 8.78 Å². The van der Waals surface area contributed by atoms with E-state index >= 15 is 0 Å². The van der Waals surface area contributed by atoms with Crippen molar-refractivity contribution in [2.45, 2.75) is 6.54 Å². The van der Waals surface area contributed by atoms with Crippen molar-refractivity contribution in [3.63, 3.8) is 0 Å². The maximum atomic E-state index is 13.1. The summed E-state index contributed by atoms with van der Waals surface area (Å²) < 4.78 is 27.8. The van der Waals surface area contributed by atoms with Crippen LogP contribution < -0.4 is 11.1 Å². The smallest absolute Gasteiger partial charge is 0.151 e. The standard InChI is InChI=1S/C10H11F2N5/c1-17-5-15-16-9(17)4-14-8-3-6(11)2-7(12)10(8)13/h2-3,5,14H,4,13H2,1H3. The van der Waals surface area contributed by atoms with Crippen LogP contribution in [0.1, 0.15) is 5.82 Å². The molecule has 0 unspecified atom stereocenters. The van der Waals surface area contributed by atoms with Crippen molar-refractivity contribution in [1.29, 1.82) is 0 Å². The molecule has 0 saturated heterocycles. The summed E-state index contributed by atoms with van der Waals surface area (Å²) in [7, 11) is 1.77.